The fourth-order valence-electron chi connectivity index (χ4n) is 2.70. The predicted octanol–water partition coefficient (Wildman–Crippen LogP) is 3.91. The largest absolute Gasteiger partial charge is 0.350 e. The van der Waals surface area contributed by atoms with Crippen LogP contribution in [0.5, 0.6) is 0 Å². The lowest BCUT2D eigenvalue weighted by Crippen LogP contribution is -2.27. The zero-order valence-electron chi connectivity index (χ0n) is 12.7. The molecule has 112 valence electrons. The molecule has 0 radical (unpaired) electrons. The van der Waals surface area contributed by atoms with E-state index >= 15 is 0 Å². The SMILES string of the molecule is CC(NC(=O)CCn1ccc2ccccc21)c1ccccc1. The molecule has 1 amide bonds. The Morgan fingerprint density at radius 1 is 1.05 bits per heavy atom. The van der Waals surface area contributed by atoms with Gasteiger partial charge in [0.25, 0.3) is 0 Å². The minimum atomic E-state index is 0.0371. The summed E-state index contributed by atoms with van der Waals surface area (Å²) in [6.45, 7) is 2.71. The third kappa shape index (κ3) is 3.19. The molecule has 3 rings (SSSR count). The van der Waals surface area contributed by atoms with E-state index in [0.717, 1.165) is 5.56 Å². The van der Waals surface area contributed by atoms with Crippen molar-refractivity contribution in [2.45, 2.75) is 25.9 Å². The highest BCUT2D eigenvalue weighted by molar-refractivity contribution is 5.80. The molecule has 1 N–H and O–H groups in total. The Labute approximate surface area is 130 Å². The summed E-state index contributed by atoms with van der Waals surface area (Å²) >= 11 is 0. The Morgan fingerprint density at radius 2 is 1.77 bits per heavy atom. The standard InChI is InChI=1S/C19H20N2O/c1-15(16-7-3-2-4-8-16)20-19(22)12-14-21-13-11-17-9-5-6-10-18(17)21/h2-11,13,15H,12,14H2,1H3,(H,20,22). The summed E-state index contributed by atoms with van der Waals surface area (Å²) in [5, 5.41) is 4.26. The molecule has 0 aliphatic heterocycles. The molecule has 0 aliphatic carbocycles. The molecule has 3 heteroatoms. The summed E-state index contributed by atoms with van der Waals surface area (Å²) in [6, 6.07) is 20.4. The summed E-state index contributed by atoms with van der Waals surface area (Å²) in [4.78, 5) is 12.1. The average molecular weight is 292 g/mol. The second-order valence-electron chi connectivity index (χ2n) is 5.52. The van der Waals surface area contributed by atoms with E-state index in [4.69, 9.17) is 0 Å². The van der Waals surface area contributed by atoms with Crippen LogP contribution in [0, 0.1) is 0 Å². The van der Waals surface area contributed by atoms with Crippen LogP contribution in [0.3, 0.4) is 0 Å². The lowest BCUT2D eigenvalue weighted by atomic mass is 10.1. The lowest BCUT2D eigenvalue weighted by molar-refractivity contribution is -0.121. The van der Waals surface area contributed by atoms with E-state index in [-0.39, 0.29) is 11.9 Å². The van der Waals surface area contributed by atoms with Crippen LogP contribution in [0.1, 0.15) is 24.9 Å². The smallest absolute Gasteiger partial charge is 0.222 e. The van der Waals surface area contributed by atoms with Crippen LogP contribution < -0.4 is 5.32 Å². The van der Waals surface area contributed by atoms with Crippen LogP contribution in [0.4, 0.5) is 0 Å². The minimum absolute atomic E-state index is 0.0371. The number of carbonyl (C=O) groups is 1. The Morgan fingerprint density at radius 3 is 2.59 bits per heavy atom. The maximum Gasteiger partial charge on any atom is 0.222 e. The van der Waals surface area contributed by atoms with Crippen molar-refractivity contribution in [3.05, 3.63) is 72.4 Å². The van der Waals surface area contributed by atoms with E-state index in [2.05, 4.69) is 28.1 Å². The van der Waals surface area contributed by atoms with Crippen molar-refractivity contribution >= 4 is 16.8 Å². The molecular formula is C19H20N2O. The average Bonchev–Trinajstić information content (AvgIpc) is 2.97. The van der Waals surface area contributed by atoms with Crippen molar-refractivity contribution in [3.63, 3.8) is 0 Å². The van der Waals surface area contributed by atoms with Crippen LogP contribution in [0.25, 0.3) is 10.9 Å². The van der Waals surface area contributed by atoms with Crippen molar-refractivity contribution in [2.24, 2.45) is 0 Å². The maximum atomic E-state index is 12.1. The molecule has 2 aromatic carbocycles. The minimum Gasteiger partial charge on any atom is -0.350 e. The number of hydrogen-bond donors (Lipinski definition) is 1. The molecule has 3 aromatic rings. The number of nitrogens with zero attached hydrogens (tertiary/aromatic N) is 1. The van der Waals surface area contributed by atoms with Gasteiger partial charge in [-0.2, -0.15) is 0 Å². The van der Waals surface area contributed by atoms with E-state index in [0.29, 0.717) is 13.0 Å². The zero-order valence-corrected chi connectivity index (χ0v) is 12.7. The Bertz CT molecular complexity index is 761. The van der Waals surface area contributed by atoms with Gasteiger partial charge >= 0.3 is 0 Å². The lowest BCUT2D eigenvalue weighted by Gasteiger charge is -2.14. The van der Waals surface area contributed by atoms with Crippen molar-refractivity contribution in [3.8, 4) is 0 Å². The molecule has 0 fully saturated rings. The normalized spacial score (nSPS) is 12.2. The number of carbonyl (C=O) groups excluding carboxylic acids is 1. The molecule has 1 atom stereocenters. The first-order chi connectivity index (χ1) is 10.7. The molecular weight excluding hydrogens is 272 g/mol. The van der Waals surface area contributed by atoms with Gasteiger partial charge in [0, 0.05) is 24.7 Å². The Hall–Kier alpha value is -2.55. The van der Waals surface area contributed by atoms with Crippen molar-refractivity contribution in [2.75, 3.05) is 0 Å². The van der Waals surface area contributed by atoms with Gasteiger partial charge in [0.05, 0.1) is 6.04 Å². The highest BCUT2D eigenvalue weighted by Crippen LogP contribution is 2.16. The van der Waals surface area contributed by atoms with Gasteiger partial charge in [0.2, 0.25) is 5.91 Å². The summed E-state index contributed by atoms with van der Waals surface area (Å²) in [6.07, 6.45) is 2.52. The van der Waals surface area contributed by atoms with Crippen molar-refractivity contribution < 1.29 is 4.79 Å². The highest BCUT2D eigenvalue weighted by Gasteiger charge is 2.09. The van der Waals surface area contributed by atoms with E-state index in [1.165, 1.54) is 10.9 Å². The predicted molar refractivity (Wildman–Crippen MR) is 89.6 cm³/mol. The van der Waals surface area contributed by atoms with E-state index in [9.17, 15) is 4.79 Å². The molecule has 0 aliphatic rings. The van der Waals surface area contributed by atoms with E-state index in [1.54, 1.807) is 0 Å². The fourth-order valence-corrected chi connectivity index (χ4v) is 2.70. The summed E-state index contributed by atoms with van der Waals surface area (Å²) in [5.41, 5.74) is 2.30. The van der Waals surface area contributed by atoms with Gasteiger partial charge in [0.15, 0.2) is 0 Å². The second kappa shape index (κ2) is 6.48. The highest BCUT2D eigenvalue weighted by atomic mass is 16.1. The summed E-state index contributed by atoms with van der Waals surface area (Å²) < 4.78 is 2.13. The van der Waals surface area contributed by atoms with Crippen LogP contribution in [0.15, 0.2) is 66.9 Å². The number of para-hydroxylation sites is 1. The maximum absolute atomic E-state index is 12.1. The van der Waals surface area contributed by atoms with Gasteiger partial charge in [-0.3, -0.25) is 4.79 Å². The molecule has 3 nitrogen and oxygen atoms in total. The van der Waals surface area contributed by atoms with Crippen molar-refractivity contribution in [1.82, 2.24) is 9.88 Å². The van der Waals surface area contributed by atoms with Crippen LogP contribution in [-0.2, 0) is 11.3 Å². The van der Waals surface area contributed by atoms with Gasteiger partial charge in [-0.25, -0.2) is 0 Å². The van der Waals surface area contributed by atoms with Crippen molar-refractivity contribution in [1.29, 1.82) is 0 Å². The number of rotatable bonds is 5. The molecule has 1 aromatic heterocycles. The molecule has 0 saturated carbocycles. The number of hydrogen-bond acceptors (Lipinski definition) is 1. The summed E-state index contributed by atoms with van der Waals surface area (Å²) in [7, 11) is 0. The van der Waals surface area contributed by atoms with Gasteiger partial charge in [0.1, 0.15) is 0 Å². The number of nitrogens with one attached hydrogen (secondary N) is 1. The summed E-state index contributed by atoms with van der Waals surface area (Å²) in [5.74, 6) is 0.0779. The molecule has 0 saturated heterocycles. The first kappa shape index (κ1) is 14.4. The Balaban J connectivity index is 1.58. The monoisotopic (exact) mass is 292 g/mol. The number of aromatic nitrogens is 1. The van der Waals surface area contributed by atoms with Gasteiger partial charge < -0.3 is 9.88 Å². The van der Waals surface area contributed by atoms with Gasteiger partial charge in [-0.1, -0.05) is 48.5 Å². The number of amides is 1. The number of aryl methyl sites for hydroxylation is 1. The van der Waals surface area contributed by atoms with Gasteiger partial charge in [-0.15, -0.1) is 0 Å². The van der Waals surface area contributed by atoms with Gasteiger partial charge in [-0.05, 0) is 30.0 Å². The van der Waals surface area contributed by atoms with Crippen LogP contribution in [0.2, 0.25) is 0 Å². The quantitative estimate of drug-likeness (QED) is 0.760. The molecule has 22 heavy (non-hydrogen) atoms. The van der Waals surface area contributed by atoms with Crippen LogP contribution >= 0.6 is 0 Å². The second-order valence-corrected chi connectivity index (χ2v) is 5.52. The topological polar surface area (TPSA) is 34.0 Å². The third-order valence-electron chi connectivity index (χ3n) is 3.94. The Kier molecular flexibility index (Phi) is 4.24. The molecule has 0 bridgehead atoms. The number of fused-ring (bicyclic) bond motifs is 1. The number of benzene rings is 2. The first-order valence-electron chi connectivity index (χ1n) is 7.62. The van der Waals surface area contributed by atoms with Crippen LogP contribution in [-0.4, -0.2) is 10.5 Å². The third-order valence-corrected chi connectivity index (χ3v) is 3.94. The van der Waals surface area contributed by atoms with E-state index in [1.807, 2.05) is 55.6 Å². The molecule has 0 spiro atoms. The molecule has 1 heterocycles. The molecule has 1 unspecified atom stereocenters. The van der Waals surface area contributed by atoms with E-state index < -0.39 is 0 Å². The first-order valence-corrected chi connectivity index (χ1v) is 7.62. The zero-order chi connectivity index (χ0) is 15.4. The fraction of sp³-hybridized carbons (Fsp3) is 0.211.